The van der Waals surface area contributed by atoms with Gasteiger partial charge in [0.2, 0.25) is 5.95 Å². The molecule has 2 heterocycles. The lowest BCUT2D eigenvalue weighted by molar-refractivity contribution is 0.344. The molecule has 3 rings (SSSR count). The summed E-state index contributed by atoms with van der Waals surface area (Å²) in [5.41, 5.74) is 8.31. The van der Waals surface area contributed by atoms with Gasteiger partial charge in [-0.25, -0.2) is 14.4 Å². The number of ether oxygens (including phenoxy) is 1. The van der Waals surface area contributed by atoms with E-state index in [4.69, 9.17) is 15.7 Å². The Morgan fingerprint density at radius 2 is 2.09 bits per heavy atom. The molecule has 0 radical (unpaired) electrons. The molecule has 1 atom stereocenters. The van der Waals surface area contributed by atoms with E-state index in [1.54, 1.807) is 18.2 Å². The minimum atomic E-state index is -0.513. The smallest absolute Gasteiger partial charge is 0.229 e. The van der Waals surface area contributed by atoms with E-state index in [-0.39, 0.29) is 29.2 Å². The molecule has 1 aromatic carbocycles. The summed E-state index contributed by atoms with van der Waals surface area (Å²) in [7, 11) is 1.52. The number of methoxy groups -OCH3 is 1. The van der Waals surface area contributed by atoms with Crippen molar-refractivity contribution in [2.45, 2.75) is 64.5 Å². The van der Waals surface area contributed by atoms with Crippen molar-refractivity contribution >= 4 is 29.0 Å². The Bertz CT molecular complexity index is 1010. The standard InChI is InChI=1S/C23H34FN9O/c1-15(25)33(32-26)18-10-17(11-19(12-18)34-4)30-22-27-14-20(24)21(31-22)29-16-8-6-5-7-9-28-23(2,3)13-16/h10-12,14,16,25-26,28H,5-9,13H2,1-4H3,(H2,27,29,30,31). The maximum atomic E-state index is 14.6. The Hall–Kier alpha value is -3.34. The van der Waals surface area contributed by atoms with Crippen molar-refractivity contribution in [3.8, 4) is 5.75 Å². The number of anilines is 4. The molecule has 0 amide bonds. The first-order chi connectivity index (χ1) is 16.2. The molecule has 1 fully saturated rings. The van der Waals surface area contributed by atoms with Crippen LogP contribution in [0.4, 0.5) is 27.5 Å². The highest BCUT2D eigenvalue weighted by molar-refractivity contribution is 5.93. The predicted molar refractivity (Wildman–Crippen MR) is 132 cm³/mol. The topological polar surface area (TPSA) is 134 Å². The van der Waals surface area contributed by atoms with Gasteiger partial charge >= 0.3 is 0 Å². The molecule has 0 bridgehead atoms. The molecule has 2 aromatic rings. The van der Waals surface area contributed by atoms with Gasteiger partial charge in [-0.05, 0) is 52.6 Å². The van der Waals surface area contributed by atoms with Crippen molar-refractivity contribution in [1.29, 1.82) is 10.9 Å². The Balaban J connectivity index is 1.83. The molecule has 0 spiro atoms. The summed E-state index contributed by atoms with van der Waals surface area (Å²) in [6.45, 7) is 6.85. The van der Waals surface area contributed by atoms with Crippen LogP contribution < -0.4 is 25.7 Å². The molecule has 11 heteroatoms. The third-order valence-corrected chi connectivity index (χ3v) is 5.72. The summed E-state index contributed by atoms with van der Waals surface area (Å²) in [4.78, 5) is 8.47. The number of halogens is 1. The Kier molecular flexibility index (Phi) is 8.32. The first-order valence-electron chi connectivity index (χ1n) is 11.4. The van der Waals surface area contributed by atoms with Crippen LogP contribution in [0.3, 0.4) is 0 Å². The van der Waals surface area contributed by atoms with Gasteiger partial charge in [0.25, 0.3) is 0 Å². The minimum Gasteiger partial charge on any atom is -0.497 e. The van der Waals surface area contributed by atoms with Gasteiger partial charge in [-0.15, -0.1) is 0 Å². The minimum absolute atomic E-state index is 0.0641. The van der Waals surface area contributed by atoms with Crippen LogP contribution in [0.2, 0.25) is 0 Å². The highest BCUT2D eigenvalue weighted by Gasteiger charge is 2.25. The van der Waals surface area contributed by atoms with Gasteiger partial charge < -0.3 is 20.7 Å². The molecule has 0 saturated carbocycles. The first kappa shape index (κ1) is 25.3. The second-order valence-corrected chi connectivity index (χ2v) is 9.14. The van der Waals surface area contributed by atoms with Gasteiger partial charge in [-0.2, -0.15) is 10.5 Å². The number of hydrogen-bond donors (Lipinski definition) is 5. The normalized spacial score (nSPS) is 18.1. The number of amidine groups is 1. The van der Waals surface area contributed by atoms with Crippen molar-refractivity contribution < 1.29 is 9.13 Å². The third-order valence-electron chi connectivity index (χ3n) is 5.72. The molecule has 10 nitrogen and oxygen atoms in total. The second-order valence-electron chi connectivity index (χ2n) is 9.14. The summed E-state index contributed by atoms with van der Waals surface area (Å²) in [6.07, 6.45) is 6.26. The Morgan fingerprint density at radius 3 is 2.79 bits per heavy atom. The zero-order valence-corrected chi connectivity index (χ0v) is 20.2. The van der Waals surface area contributed by atoms with E-state index in [0.29, 0.717) is 17.1 Å². The van der Waals surface area contributed by atoms with Crippen LogP contribution >= 0.6 is 0 Å². The molecule has 5 N–H and O–H groups in total. The van der Waals surface area contributed by atoms with Crippen LogP contribution in [0.25, 0.3) is 0 Å². The molecular weight excluding hydrogens is 437 g/mol. The van der Waals surface area contributed by atoms with Crippen LogP contribution in [0, 0.1) is 16.8 Å². The quantitative estimate of drug-likeness (QED) is 0.161. The number of benzene rings is 1. The summed E-state index contributed by atoms with van der Waals surface area (Å²) in [5.74, 6) is 0.422. The highest BCUT2D eigenvalue weighted by atomic mass is 19.1. The van der Waals surface area contributed by atoms with Gasteiger partial charge in [-0.3, -0.25) is 5.41 Å². The highest BCUT2D eigenvalue weighted by Crippen LogP contribution is 2.29. The van der Waals surface area contributed by atoms with E-state index < -0.39 is 5.82 Å². The largest absolute Gasteiger partial charge is 0.497 e. The van der Waals surface area contributed by atoms with E-state index in [2.05, 4.69) is 45.0 Å². The van der Waals surface area contributed by atoms with Crippen LogP contribution in [0.15, 0.2) is 29.6 Å². The lowest BCUT2D eigenvalue weighted by atomic mass is 9.93. The average Bonchev–Trinajstić information content (AvgIpc) is 2.85. The van der Waals surface area contributed by atoms with E-state index in [1.807, 2.05) is 0 Å². The molecule has 34 heavy (non-hydrogen) atoms. The third kappa shape index (κ3) is 6.83. The SMILES string of the molecule is COc1cc(Nc2ncc(F)c(NC3CCCCCNC(C)(C)C3)n2)cc(N(N=N)C(C)=N)c1. The molecule has 1 aliphatic heterocycles. The summed E-state index contributed by atoms with van der Waals surface area (Å²) >= 11 is 0. The maximum absolute atomic E-state index is 14.6. The average molecular weight is 472 g/mol. The van der Waals surface area contributed by atoms with Crippen molar-refractivity contribution in [2.24, 2.45) is 5.22 Å². The van der Waals surface area contributed by atoms with E-state index >= 15 is 0 Å². The maximum Gasteiger partial charge on any atom is 0.229 e. The number of hydrogen-bond acceptors (Lipinski definition) is 9. The molecule has 0 aliphatic carbocycles. The molecule has 1 aromatic heterocycles. The van der Waals surface area contributed by atoms with Gasteiger partial charge in [0, 0.05) is 29.4 Å². The monoisotopic (exact) mass is 471 g/mol. The van der Waals surface area contributed by atoms with Crippen molar-refractivity contribution in [3.05, 3.63) is 30.2 Å². The van der Waals surface area contributed by atoms with Crippen LogP contribution in [-0.4, -0.2) is 41.0 Å². The molecule has 1 saturated heterocycles. The predicted octanol–water partition coefficient (Wildman–Crippen LogP) is 5.23. The molecule has 1 unspecified atom stereocenters. The number of nitrogens with zero attached hydrogens (tertiary/aromatic N) is 4. The zero-order chi connectivity index (χ0) is 24.7. The number of nitrogens with one attached hydrogen (secondary N) is 5. The van der Waals surface area contributed by atoms with E-state index in [1.165, 1.54) is 14.0 Å². The lowest BCUT2D eigenvalue weighted by Gasteiger charge is -2.31. The van der Waals surface area contributed by atoms with Crippen LogP contribution in [-0.2, 0) is 0 Å². The summed E-state index contributed by atoms with van der Waals surface area (Å²) in [5, 5.41) is 22.3. The number of aromatic nitrogens is 2. The van der Waals surface area contributed by atoms with Gasteiger partial charge in [0.1, 0.15) is 11.6 Å². The zero-order valence-electron chi connectivity index (χ0n) is 20.2. The van der Waals surface area contributed by atoms with Crippen LogP contribution in [0.1, 0.15) is 52.9 Å². The Morgan fingerprint density at radius 1 is 1.29 bits per heavy atom. The summed E-state index contributed by atoms with van der Waals surface area (Å²) in [6, 6.07) is 5.14. The van der Waals surface area contributed by atoms with Crippen molar-refractivity contribution in [2.75, 3.05) is 29.3 Å². The van der Waals surface area contributed by atoms with E-state index in [9.17, 15) is 4.39 Å². The molecule has 184 valence electrons. The summed E-state index contributed by atoms with van der Waals surface area (Å²) < 4.78 is 20.0. The first-order valence-corrected chi connectivity index (χ1v) is 11.4. The number of rotatable bonds is 7. The second kappa shape index (κ2) is 11.2. The van der Waals surface area contributed by atoms with Crippen molar-refractivity contribution in [1.82, 2.24) is 15.3 Å². The Labute approximate surface area is 199 Å². The molecular formula is C23H34FN9O. The van der Waals surface area contributed by atoms with Crippen molar-refractivity contribution in [3.63, 3.8) is 0 Å². The van der Waals surface area contributed by atoms with Gasteiger partial charge in [0.15, 0.2) is 11.6 Å². The fraction of sp³-hybridized carbons (Fsp3) is 0.522. The van der Waals surface area contributed by atoms with Gasteiger partial charge in [-0.1, -0.05) is 18.1 Å². The lowest BCUT2D eigenvalue weighted by Crippen LogP contribution is -2.43. The fourth-order valence-electron chi connectivity index (χ4n) is 4.11. The van der Waals surface area contributed by atoms with Gasteiger partial charge in [0.05, 0.1) is 19.0 Å². The van der Waals surface area contributed by atoms with Crippen LogP contribution in [0.5, 0.6) is 5.75 Å². The van der Waals surface area contributed by atoms with E-state index in [0.717, 1.165) is 49.9 Å². The molecule has 1 aliphatic rings. The fourth-order valence-corrected chi connectivity index (χ4v) is 4.11.